The number of methoxy groups -OCH3 is 1. The fourth-order valence-electron chi connectivity index (χ4n) is 1.10. The first-order valence-electron chi connectivity index (χ1n) is 3.57. The maximum Gasteiger partial charge on any atom is 0.0845 e. The summed E-state index contributed by atoms with van der Waals surface area (Å²) >= 11 is 0. The average molecular weight is 145 g/mol. The molecule has 0 bridgehead atoms. The van der Waals surface area contributed by atoms with Gasteiger partial charge in [-0.25, -0.2) is 0 Å². The van der Waals surface area contributed by atoms with Gasteiger partial charge in [0.1, 0.15) is 0 Å². The van der Waals surface area contributed by atoms with Gasteiger partial charge in [-0.1, -0.05) is 0 Å². The van der Waals surface area contributed by atoms with Gasteiger partial charge in [0.15, 0.2) is 0 Å². The van der Waals surface area contributed by atoms with E-state index in [2.05, 4.69) is 0 Å². The fraction of sp³-hybridized carbons (Fsp3) is 1.00. The highest BCUT2D eigenvalue weighted by Gasteiger charge is 2.34. The van der Waals surface area contributed by atoms with Crippen LogP contribution < -0.4 is 5.73 Å². The largest absolute Gasteiger partial charge is 0.380 e. The van der Waals surface area contributed by atoms with Crippen LogP contribution in [-0.4, -0.2) is 32.0 Å². The third kappa shape index (κ3) is 1.31. The normalized spacial score (nSPS) is 41.7. The zero-order valence-corrected chi connectivity index (χ0v) is 6.59. The van der Waals surface area contributed by atoms with Crippen molar-refractivity contribution in [1.29, 1.82) is 0 Å². The molecule has 1 unspecified atom stereocenters. The summed E-state index contributed by atoms with van der Waals surface area (Å²) in [6.45, 7) is 3.41. The Kier molecular flexibility index (Phi) is 2.28. The maximum atomic E-state index is 5.77. The first kappa shape index (κ1) is 7.98. The fourth-order valence-corrected chi connectivity index (χ4v) is 1.10. The molecular formula is C7H15NO2. The molecule has 1 saturated heterocycles. The third-order valence-electron chi connectivity index (χ3n) is 2.29. The van der Waals surface area contributed by atoms with Gasteiger partial charge >= 0.3 is 0 Å². The second kappa shape index (κ2) is 2.86. The van der Waals surface area contributed by atoms with E-state index >= 15 is 0 Å². The minimum atomic E-state index is -0.168. The smallest absolute Gasteiger partial charge is 0.0845 e. The minimum Gasteiger partial charge on any atom is -0.380 e. The number of hydrogen-bond acceptors (Lipinski definition) is 3. The molecule has 0 aliphatic carbocycles. The monoisotopic (exact) mass is 145 g/mol. The van der Waals surface area contributed by atoms with Gasteiger partial charge in [-0.05, 0) is 6.92 Å². The summed E-state index contributed by atoms with van der Waals surface area (Å²) in [4.78, 5) is 0. The number of ether oxygens (including phenoxy) is 2. The highest BCUT2D eigenvalue weighted by molar-refractivity contribution is 4.89. The second-order valence-corrected chi connectivity index (χ2v) is 2.95. The molecule has 0 saturated carbocycles. The van der Waals surface area contributed by atoms with Crippen LogP contribution in [0, 0.1) is 0 Å². The summed E-state index contributed by atoms with van der Waals surface area (Å²) < 4.78 is 10.5. The van der Waals surface area contributed by atoms with Crippen LogP contribution in [0.1, 0.15) is 13.3 Å². The summed E-state index contributed by atoms with van der Waals surface area (Å²) in [5.41, 5.74) is 5.61. The highest BCUT2D eigenvalue weighted by Crippen LogP contribution is 2.22. The summed E-state index contributed by atoms with van der Waals surface area (Å²) in [6, 6.07) is 0.0197. The van der Waals surface area contributed by atoms with Gasteiger partial charge in [0.2, 0.25) is 0 Å². The predicted octanol–water partition coefficient (Wildman–Crippen LogP) is 0.139. The molecule has 0 aromatic carbocycles. The van der Waals surface area contributed by atoms with Gasteiger partial charge in [0.25, 0.3) is 0 Å². The molecule has 3 nitrogen and oxygen atoms in total. The van der Waals surface area contributed by atoms with E-state index in [1.54, 1.807) is 7.11 Å². The minimum absolute atomic E-state index is 0.0197. The molecule has 2 atom stereocenters. The lowest BCUT2D eigenvalue weighted by Gasteiger charge is -2.37. The van der Waals surface area contributed by atoms with Crippen LogP contribution in [-0.2, 0) is 9.47 Å². The number of nitrogens with two attached hydrogens (primary N) is 1. The van der Waals surface area contributed by atoms with Crippen LogP contribution in [0.3, 0.4) is 0 Å². The van der Waals surface area contributed by atoms with E-state index in [9.17, 15) is 0 Å². The zero-order valence-electron chi connectivity index (χ0n) is 6.59. The summed E-state index contributed by atoms with van der Waals surface area (Å²) in [7, 11) is 1.70. The van der Waals surface area contributed by atoms with Gasteiger partial charge < -0.3 is 15.2 Å². The molecule has 2 N–H and O–H groups in total. The summed E-state index contributed by atoms with van der Waals surface area (Å²) in [5, 5.41) is 0. The Morgan fingerprint density at radius 1 is 1.70 bits per heavy atom. The molecule has 60 valence electrons. The predicted molar refractivity (Wildman–Crippen MR) is 38.8 cm³/mol. The van der Waals surface area contributed by atoms with Gasteiger partial charge in [-0.3, -0.25) is 0 Å². The van der Waals surface area contributed by atoms with E-state index < -0.39 is 0 Å². The van der Waals surface area contributed by atoms with Crippen LogP contribution >= 0.6 is 0 Å². The van der Waals surface area contributed by atoms with Crippen molar-refractivity contribution in [2.45, 2.75) is 25.0 Å². The van der Waals surface area contributed by atoms with Crippen LogP contribution in [0.4, 0.5) is 0 Å². The van der Waals surface area contributed by atoms with E-state index in [4.69, 9.17) is 15.2 Å². The van der Waals surface area contributed by atoms with Gasteiger partial charge in [-0.2, -0.15) is 0 Å². The van der Waals surface area contributed by atoms with Crippen molar-refractivity contribution < 1.29 is 9.47 Å². The lowest BCUT2D eigenvalue weighted by molar-refractivity contribution is -0.0925. The van der Waals surface area contributed by atoms with Crippen molar-refractivity contribution in [1.82, 2.24) is 0 Å². The van der Waals surface area contributed by atoms with Gasteiger partial charge in [0, 0.05) is 20.1 Å². The van der Waals surface area contributed by atoms with Gasteiger partial charge in [0.05, 0.1) is 18.2 Å². The van der Waals surface area contributed by atoms with E-state index in [0.717, 1.165) is 13.0 Å². The Morgan fingerprint density at radius 3 is 2.80 bits per heavy atom. The molecule has 0 radical (unpaired) electrons. The molecule has 1 heterocycles. The molecule has 1 aliphatic heterocycles. The van der Waals surface area contributed by atoms with Crippen LogP contribution in [0.5, 0.6) is 0 Å². The Labute approximate surface area is 61.5 Å². The molecule has 1 rings (SSSR count). The molecule has 0 aromatic heterocycles. The second-order valence-electron chi connectivity index (χ2n) is 2.95. The van der Waals surface area contributed by atoms with Crippen LogP contribution in [0.25, 0.3) is 0 Å². The van der Waals surface area contributed by atoms with Crippen molar-refractivity contribution in [3.05, 3.63) is 0 Å². The van der Waals surface area contributed by atoms with Crippen molar-refractivity contribution in [2.24, 2.45) is 5.73 Å². The van der Waals surface area contributed by atoms with Crippen molar-refractivity contribution >= 4 is 0 Å². The lowest BCUT2D eigenvalue weighted by atomic mass is 9.92. The van der Waals surface area contributed by atoms with Gasteiger partial charge in [-0.15, -0.1) is 0 Å². The molecule has 1 fully saturated rings. The van der Waals surface area contributed by atoms with Crippen LogP contribution in [0.15, 0.2) is 0 Å². The topological polar surface area (TPSA) is 44.5 Å². The Morgan fingerprint density at radius 2 is 2.40 bits per heavy atom. The Balaban J connectivity index is 2.54. The Bertz CT molecular complexity index is 118. The van der Waals surface area contributed by atoms with Crippen molar-refractivity contribution in [2.75, 3.05) is 20.3 Å². The number of hydrogen-bond donors (Lipinski definition) is 1. The van der Waals surface area contributed by atoms with Crippen molar-refractivity contribution in [3.63, 3.8) is 0 Å². The first-order chi connectivity index (χ1) is 4.69. The summed E-state index contributed by atoms with van der Waals surface area (Å²) in [5.74, 6) is 0. The average Bonchev–Trinajstić information content (AvgIpc) is 1.96. The molecule has 10 heavy (non-hydrogen) atoms. The highest BCUT2D eigenvalue weighted by atomic mass is 16.5. The van der Waals surface area contributed by atoms with E-state index in [0.29, 0.717) is 6.61 Å². The molecule has 3 heteroatoms. The van der Waals surface area contributed by atoms with Crippen molar-refractivity contribution in [3.8, 4) is 0 Å². The molecule has 0 aromatic rings. The SMILES string of the molecule is COC1(C)CCOC[C@@H]1N. The Hall–Kier alpha value is -0.120. The zero-order chi connectivity index (χ0) is 7.61. The number of rotatable bonds is 1. The quantitative estimate of drug-likeness (QED) is 0.570. The summed E-state index contributed by atoms with van der Waals surface area (Å²) in [6.07, 6.45) is 0.894. The van der Waals surface area contributed by atoms with Crippen LogP contribution in [0.2, 0.25) is 0 Å². The third-order valence-corrected chi connectivity index (χ3v) is 2.29. The molecule has 1 aliphatic rings. The van der Waals surface area contributed by atoms with E-state index in [1.165, 1.54) is 0 Å². The standard InChI is InChI=1S/C7H15NO2/c1-7(9-2)3-4-10-5-6(7)8/h6H,3-5,8H2,1-2H3/t6-,7?/m0/s1. The van der Waals surface area contributed by atoms with E-state index in [-0.39, 0.29) is 11.6 Å². The molecular weight excluding hydrogens is 130 g/mol. The lowest BCUT2D eigenvalue weighted by Crippen LogP contribution is -2.53. The maximum absolute atomic E-state index is 5.77. The molecule has 0 spiro atoms. The molecule has 0 amide bonds. The first-order valence-corrected chi connectivity index (χ1v) is 3.57. The van der Waals surface area contributed by atoms with E-state index in [1.807, 2.05) is 6.92 Å².